The van der Waals surface area contributed by atoms with Crippen molar-refractivity contribution in [3.8, 4) is 0 Å². The molecular weight excluding hydrogens is 300 g/mol. The minimum atomic E-state index is -0.803. The summed E-state index contributed by atoms with van der Waals surface area (Å²) in [6, 6.07) is 0. The average molecular weight is 332 g/mol. The zero-order chi connectivity index (χ0) is 17.4. The maximum Gasteiger partial charge on any atom is 0.306 e. The van der Waals surface area contributed by atoms with Crippen LogP contribution in [0.5, 0.6) is 0 Å². The van der Waals surface area contributed by atoms with E-state index in [4.69, 9.17) is 18.9 Å². The summed E-state index contributed by atoms with van der Waals surface area (Å²) in [5.74, 6) is -1.38. The smallest absolute Gasteiger partial charge is 0.306 e. The molecule has 6 unspecified atom stereocenters. The van der Waals surface area contributed by atoms with Gasteiger partial charge in [-0.25, -0.2) is 0 Å². The molecule has 1 N–H and O–H groups in total. The molecule has 136 valence electrons. The van der Waals surface area contributed by atoms with Crippen LogP contribution in [0.4, 0.5) is 0 Å². The zero-order valence-electron chi connectivity index (χ0n) is 15.0. The molecular formula is C17H32O6. The second-order valence-electron chi connectivity index (χ2n) is 6.73. The Hall–Kier alpha value is -0.690. The predicted molar refractivity (Wildman–Crippen MR) is 86.6 cm³/mol. The second kappa shape index (κ2) is 10.2. The van der Waals surface area contributed by atoms with Crippen LogP contribution in [0, 0.1) is 11.8 Å². The molecule has 0 spiro atoms. The molecule has 0 saturated carbocycles. The molecule has 0 aromatic rings. The molecule has 0 aromatic carbocycles. The molecule has 1 saturated heterocycles. The fraction of sp³-hybridized carbons (Fsp3) is 0.941. The quantitative estimate of drug-likeness (QED) is 0.794. The van der Waals surface area contributed by atoms with Crippen LogP contribution in [-0.2, 0) is 23.7 Å². The second-order valence-corrected chi connectivity index (χ2v) is 6.73. The Labute approximate surface area is 139 Å². The van der Waals surface area contributed by atoms with Crippen LogP contribution in [0.3, 0.4) is 0 Å². The molecule has 0 aliphatic carbocycles. The lowest BCUT2D eigenvalue weighted by Crippen LogP contribution is -2.31. The molecule has 6 heteroatoms. The van der Waals surface area contributed by atoms with Crippen molar-refractivity contribution in [3.05, 3.63) is 0 Å². The third kappa shape index (κ3) is 8.11. The number of carboxylic acid groups (broad SMARTS) is 1. The Bertz CT molecular complexity index is 348. The third-order valence-corrected chi connectivity index (χ3v) is 4.08. The Balaban J connectivity index is 2.70. The number of carboxylic acids is 1. The number of carbonyl (C=O) groups is 1. The van der Waals surface area contributed by atoms with E-state index in [0.29, 0.717) is 32.8 Å². The molecule has 0 aromatic heterocycles. The first-order valence-electron chi connectivity index (χ1n) is 8.48. The normalized spacial score (nSPS) is 39.2. The van der Waals surface area contributed by atoms with Gasteiger partial charge in [-0.1, -0.05) is 6.92 Å². The van der Waals surface area contributed by atoms with Crippen LogP contribution in [0.15, 0.2) is 0 Å². The molecule has 6 nitrogen and oxygen atoms in total. The summed E-state index contributed by atoms with van der Waals surface area (Å²) in [4.78, 5) is 11.5. The van der Waals surface area contributed by atoms with Crippen molar-refractivity contribution in [3.63, 3.8) is 0 Å². The molecule has 1 aliphatic heterocycles. The van der Waals surface area contributed by atoms with Crippen molar-refractivity contribution < 1.29 is 28.8 Å². The van der Waals surface area contributed by atoms with Gasteiger partial charge in [-0.05, 0) is 40.0 Å². The predicted octanol–water partition coefficient (Wildman–Crippen LogP) is 2.35. The van der Waals surface area contributed by atoms with Gasteiger partial charge in [0.1, 0.15) is 0 Å². The highest BCUT2D eigenvalue weighted by Crippen LogP contribution is 2.21. The highest BCUT2D eigenvalue weighted by Gasteiger charge is 2.28. The lowest BCUT2D eigenvalue weighted by atomic mass is 9.89. The highest BCUT2D eigenvalue weighted by molar-refractivity contribution is 5.70. The lowest BCUT2D eigenvalue weighted by molar-refractivity contribution is -0.146. The van der Waals surface area contributed by atoms with Gasteiger partial charge < -0.3 is 24.1 Å². The van der Waals surface area contributed by atoms with Gasteiger partial charge in [-0.15, -0.1) is 0 Å². The first-order chi connectivity index (χ1) is 10.8. The van der Waals surface area contributed by atoms with Gasteiger partial charge >= 0.3 is 5.97 Å². The van der Waals surface area contributed by atoms with E-state index in [-0.39, 0.29) is 30.3 Å². The van der Waals surface area contributed by atoms with Crippen LogP contribution < -0.4 is 0 Å². The molecule has 0 radical (unpaired) electrons. The summed E-state index contributed by atoms with van der Waals surface area (Å²) < 4.78 is 22.9. The maximum absolute atomic E-state index is 11.5. The topological polar surface area (TPSA) is 74.2 Å². The van der Waals surface area contributed by atoms with Crippen molar-refractivity contribution in [1.29, 1.82) is 0 Å². The minimum absolute atomic E-state index is 0.0183. The van der Waals surface area contributed by atoms with Gasteiger partial charge in [-0.2, -0.15) is 0 Å². The van der Waals surface area contributed by atoms with E-state index < -0.39 is 11.9 Å². The molecule has 1 heterocycles. The van der Waals surface area contributed by atoms with E-state index in [1.54, 1.807) is 0 Å². The lowest BCUT2D eigenvalue weighted by Gasteiger charge is -2.25. The van der Waals surface area contributed by atoms with Crippen LogP contribution in [0.2, 0.25) is 0 Å². The summed E-state index contributed by atoms with van der Waals surface area (Å²) in [5.41, 5.74) is 0. The third-order valence-electron chi connectivity index (χ3n) is 4.08. The highest BCUT2D eigenvalue weighted by atomic mass is 16.6. The van der Waals surface area contributed by atoms with E-state index in [9.17, 15) is 9.90 Å². The minimum Gasteiger partial charge on any atom is -0.481 e. The largest absolute Gasteiger partial charge is 0.481 e. The number of rotatable bonds is 1. The molecule has 1 aliphatic rings. The summed E-state index contributed by atoms with van der Waals surface area (Å²) in [7, 11) is 0. The van der Waals surface area contributed by atoms with Crippen molar-refractivity contribution in [2.75, 3.05) is 26.4 Å². The summed E-state index contributed by atoms with van der Waals surface area (Å²) in [6.45, 7) is 11.5. The van der Waals surface area contributed by atoms with E-state index in [1.165, 1.54) is 0 Å². The van der Waals surface area contributed by atoms with Gasteiger partial charge in [0, 0.05) is 0 Å². The number of hydrogen-bond donors (Lipinski definition) is 1. The van der Waals surface area contributed by atoms with Gasteiger partial charge in [0.2, 0.25) is 0 Å². The SMILES string of the molecule is CC1COC(C)COC(C)CC(C(=O)O)C(C)COC(C)CO1. The molecule has 6 atom stereocenters. The van der Waals surface area contributed by atoms with Crippen LogP contribution in [-0.4, -0.2) is 61.9 Å². The van der Waals surface area contributed by atoms with Gasteiger partial charge in [0.25, 0.3) is 0 Å². The molecule has 0 bridgehead atoms. The fourth-order valence-electron chi connectivity index (χ4n) is 2.48. The van der Waals surface area contributed by atoms with Crippen molar-refractivity contribution >= 4 is 5.97 Å². The first-order valence-corrected chi connectivity index (χ1v) is 8.48. The number of ether oxygens (including phenoxy) is 4. The van der Waals surface area contributed by atoms with Gasteiger partial charge in [0.05, 0.1) is 56.8 Å². The van der Waals surface area contributed by atoms with Crippen LogP contribution in [0.1, 0.15) is 41.0 Å². The fourth-order valence-corrected chi connectivity index (χ4v) is 2.48. The van der Waals surface area contributed by atoms with E-state index in [1.807, 2.05) is 34.6 Å². The maximum atomic E-state index is 11.5. The monoisotopic (exact) mass is 332 g/mol. The Morgan fingerprint density at radius 2 is 1.13 bits per heavy atom. The van der Waals surface area contributed by atoms with E-state index >= 15 is 0 Å². The Kier molecular flexibility index (Phi) is 9.06. The number of hydrogen-bond acceptors (Lipinski definition) is 5. The van der Waals surface area contributed by atoms with Crippen molar-refractivity contribution in [1.82, 2.24) is 0 Å². The standard InChI is InChI=1S/C17H32O6/c1-11-7-20-13(3)9-22-15(5)10-23-14(4)8-21-12(2)6-16(11)17(18)19/h11-16H,6-10H2,1-5H3,(H,18,19). The van der Waals surface area contributed by atoms with E-state index in [2.05, 4.69) is 0 Å². The van der Waals surface area contributed by atoms with E-state index in [0.717, 1.165) is 0 Å². The zero-order valence-corrected chi connectivity index (χ0v) is 15.0. The average Bonchev–Trinajstić information content (AvgIpc) is 2.50. The van der Waals surface area contributed by atoms with Crippen molar-refractivity contribution in [2.24, 2.45) is 11.8 Å². The van der Waals surface area contributed by atoms with Crippen molar-refractivity contribution in [2.45, 2.75) is 65.5 Å². The Morgan fingerprint density at radius 1 is 0.739 bits per heavy atom. The molecule has 23 heavy (non-hydrogen) atoms. The van der Waals surface area contributed by atoms with Gasteiger partial charge in [-0.3, -0.25) is 4.79 Å². The molecule has 1 rings (SSSR count). The number of aliphatic carboxylic acids is 1. The molecule has 0 amide bonds. The Morgan fingerprint density at radius 3 is 1.57 bits per heavy atom. The molecule has 1 fully saturated rings. The summed E-state index contributed by atoms with van der Waals surface area (Å²) in [5, 5.41) is 9.47. The first kappa shape index (κ1) is 20.4. The summed E-state index contributed by atoms with van der Waals surface area (Å²) >= 11 is 0. The van der Waals surface area contributed by atoms with Crippen LogP contribution >= 0.6 is 0 Å². The summed E-state index contributed by atoms with van der Waals surface area (Å²) in [6.07, 6.45) is 0.179. The van der Waals surface area contributed by atoms with Crippen LogP contribution in [0.25, 0.3) is 0 Å². The van der Waals surface area contributed by atoms with Gasteiger partial charge in [0.15, 0.2) is 0 Å².